The molecule has 3 amide bonds. The molecule has 1 saturated carbocycles. The van der Waals surface area contributed by atoms with Crippen LogP contribution in [0.2, 0.25) is 0 Å². The van der Waals surface area contributed by atoms with Crippen molar-refractivity contribution < 1.29 is 28.7 Å². The Hall–Kier alpha value is -3.10. The summed E-state index contributed by atoms with van der Waals surface area (Å²) in [5, 5.41) is 2.81. The summed E-state index contributed by atoms with van der Waals surface area (Å²) >= 11 is 0. The molecule has 2 atom stereocenters. The molecule has 1 saturated heterocycles. The Kier molecular flexibility index (Phi) is 9.21. The highest BCUT2D eigenvalue weighted by Crippen LogP contribution is 2.37. The number of nitrogens with zero attached hydrogens (tertiary/aromatic N) is 2. The number of amides is 3. The van der Waals surface area contributed by atoms with Crippen LogP contribution in [0.5, 0.6) is 0 Å². The van der Waals surface area contributed by atoms with E-state index in [1.54, 1.807) is 32.6 Å². The number of nitrogens with one attached hydrogen (secondary N) is 1. The SMILES string of the molecule is COC(=O)[C@H](C)NC(=O)C1(N(Cc2ccccc2)C(=O)[C@@H]2CCCN2C(=O)OC(C)(C)C)CCCCC1. The fourth-order valence-corrected chi connectivity index (χ4v) is 5.27. The van der Waals surface area contributed by atoms with Gasteiger partial charge in [-0.1, -0.05) is 49.6 Å². The number of carbonyl (C=O) groups excluding carboxylic acids is 4. The van der Waals surface area contributed by atoms with Gasteiger partial charge in [-0.2, -0.15) is 0 Å². The molecule has 2 aliphatic rings. The Morgan fingerprint density at radius 3 is 2.32 bits per heavy atom. The van der Waals surface area contributed by atoms with Crippen LogP contribution in [0.25, 0.3) is 0 Å². The predicted octanol–water partition coefficient (Wildman–Crippen LogP) is 3.80. The predicted molar refractivity (Wildman–Crippen MR) is 138 cm³/mol. The van der Waals surface area contributed by atoms with Crippen LogP contribution in [0.3, 0.4) is 0 Å². The lowest BCUT2D eigenvalue weighted by Gasteiger charge is -2.47. The van der Waals surface area contributed by atoms with Crippen LogP contribution in [-0.4, -0.2) is 70.6 Å². The molecule has 0 aromatic heterocycles. The first-order valence-electron chi connectivity index (χ1n) is 13.2. The smallest absolute Gasteiger partial charge is 0.410 e. The van der Waals surface area contributed by atoms with Crippen molar-refractivity contribution in [1.82, 2.24) is 15.1 Å². The summed E-state index contributed by atoms with van der Waals surface area (Å²) < 4.78 is 10.4. The Bertz CT molecular complexity index is 968. The quantitative estimate of drug-likeness (QED) is 0.554. The van der Waals surface area contributed by atoms with Gasteiger partial charge in [0.05, 0.1) is 7.11 Å². The van der Waals surface area contributed by atoms with Crippen molar-refractivity contribution in [2.45, 2.75) is 102 Å². The molecule has 1 aromatic carbocycles. The minimum Gasteiger partial charge on any atom is -0.467 e. The molecule has 1 aromatic rings. The average molecular weight is 516 g/mol. The van der Waals surface area contributed by atoms with Crippen molar-refractivity contribution in [3.63, 3.8) is 0 Å². The third-order valence-corrected chi connectivity index (χ3v) is 7.14. The zero-order valence-electron chi connectivity index (χ0n) is 22.7. The maximum absolute atomic E-state index is 14.3. The van der Waals surface area contributed by atoms with Crippen molar-refractivity contribution in [3.8, 4) is 0 Å². The summed E-state index contributed by atoms with van der Waals surface area (Å²) in [7, 11) is 1.28. The molecule has 1 heterocycles. The topological polar surface area (TPSA) is 105 Å². The number of methoxy groups -OCH3 is 1. The van der Waals surface area contributed by atoms with E-state index in [0.717, 1.165) is 24.8 Å². The maximum atomic E-state index is 14.3. The fourth-order valence-electron chi connectivity index (χ4n) is 5.27. The van der Waals surface area contributed by atoms with Crippen LogP contribution in [0.4, 0.5) is 4.79 Å². The molecule has 0 bridgehead atoms. The summed E-state index contributed by atoms with van der Waals surface area (Å²) in [5.41, 5.74) is -0.947. The van der Waals surface area contributed by atoms with Gasteiger partial charge in [-0.05, 0) is 58.9 Å². The lowest BCUT2D eigenvalue weighted by atomic mass is 9.78. The molecule has 2 fully saturated rings. The highest BCUT2D eigenvalue weighted by Gasteiger charge is 2.50. The van der Waals surface area contributed by atoms with Crippen LogP contribution in [0.15, 0.2) is 30.3 Å². The number of esters is 1. The molecule has 1 N–H and O–H groups in total. The number of hydrogen-bond acceptors (Lipinski definition) is 6. The lowest BCUT2D eigenvalue weighted by molar-refractivity contribution is -0.156. The summed E-state index contributed by atoms with van der Waals surface area (Å²) in [5.74, 6) is -1.18. The molecular formula is C28H41N3O6. The Labute approximate surface area is 219 Å². The van der Waals surface area contributed by atoms with E-state index in [-0.39, 0.29) is 18.4 Å². The maximum Gasteiger partial charge on any atom is 0.410 e. The Morgan fingerprint density at radius 2 is 1.73 bits per heavy atom. The van der Waals surface area contributed by atoms with E-state index < -0.39 is 35.3 Å². The zero-order valence-corrected chi connectivity index (χ0v) is 22.7. The fraction of sp³-hybridized carbons (Fsp3) is 0.643. The third kappa shape index (κ3) is 6.81. The van der Waals surface area contributed by atoms with Crippen LogP contribution in [0.1, 0.15) is 78.2 Å². The van der Waals surface area contributed by atoms with E-state index in [4.69, 9.17) is 9.47 Å². The molecular weight excluding hydrogens is 474 g/mol. The van der Waals surface area contributed by atoms with Gasteiger partial charge in [0.25, 0.3) is 0 Å². The number of carbonyl (C=O) groups is 4. The highest BCUT2D eigenvalue weighted by molar-refractivity contribution is 5.96. The summed E-state index contributed by atoms with van der Waals surface area (Å²) in [6, 6.07) is 7.97. The van der Waals surface area contributed by atoms with Gasteiger partial charge in [-0.3, -0.25) is 14.5 Å². The molecule has 9 nitrogen and oxygen atoms in total. The average Bonchev–Trinajstić information content (AvgIpc) is 3.36. The van der Waals surface area contributed by atoms with Gasteiger partial charge in [0.15, 0.2) is 0 Å². The van der Waals surface area contributed by atoms with Crippen LogP contribution in [-0.2, 0) is 30.4 Å². The van der Waals surface area contributed by atoms with Crippen LogP contribution < -0.4 is 5.32 Å². The Balaban J connectivity index is 1.99. The zero-order chi connectivity index (χ0) is 27.2. The first-order valence-corrected chi connectivity index (χ1v) is 13.2. The minimum atomic E-state index is -1.14. The van der Waals surface area contributed by atoms with Gasteiger partial charge in [0, 0.05) is 13.1 Å². The van der Waals surface area contributed by atoms with E-state index in [9.17, 15) is 19.2 Å². The molecule has 0 unspecified atom stereocenters. The molecule has 37 heavy (non-hydrogen) atoms. The van der Waals surface area contributed by atoms with Crippen LogP contribution in [0, 0.1) is 0 Å². The molecule has 1 aliphatic carbocycles. The monoisotopic (exact) mass is 515 g/mol. The number of rotatable bonds is 7. The van der Waals surface area contributed by atoms with E-state index in [2.05, 4.69) is 5.32 Å². The second kappa shape index (κ2) is 12.0. The molecule has 0 radical (unpaired) electrons. The number of ether oxygens (including phenoxy) is 2. The van der Waals surface area contributed by atoms with Gasteiger partial charge in [0.2, 0.25) is 11.8 Å². The lowest BCUT2D eigenvalue weighted by Crippen LogP contribution is -2.65. The Morgan fingerprint density at radius 1 is 1.08 bits per heavy atom. The molecule has 9 heteroatoms. The molecule has 1 aliphatic heterocycles. The van der Waals surface area contributed by atoms with E-state index in [1.807, 2.05) is 30.3 Å². The molecule has 0 spiro atoms. The van der Waals surface area contributed by atoms with Gasteiger partial charge in [-0.25, -0.2) is 9.59 Å². The van der Waals surface area contributed by atoms with Gasteiger partial charge < -0.3 is 19.7 Å². The number of likely N-dealkylation sites (tertiary alicyclic amines) is 1. The summed E-state index contributed by atoms with van der Waals surface area (Å²) in [6.07, 6.45) is 4.12. The van der Waals surface area contributed by atoms with Gasteiger partial charge in [-0.15, -0.1) is 0 Å². The van der Waals surface area contributed by atoms with E-state index in [0.29, 0.717) is 32.2 Å². The largest absolute Gasteiger partial charge is 0.467 e. The van der Waals surface area contributed by atoms with Crippen molar-refractivity contribution in [1.29, 1.82) is 0 Å². The first kappa shape index (κ1) is 28.5. The van der Waals surface area contributed by atoms with Crippen molar-refractivity contribution in [3.05, 3.63) is 35.9 Å². The van der Waals surface area contributed by atoms with Gasteiger partial charge in [0.1, 0.15) is 23.2 Å². The summed E-state index contributed by atoms with van der Waals surface area (Å²) in [4.78, 5) is 56.5. The molecule has 204 valence electrons. The van der Waals surface area contributed by atoms with Gasteiger partial charge >= 0.3 is 12.1 Å². The number of hydrogen-bond donors (Lipinski definition) is 1. The first-order chi connectivity index (χ1) is 17.5. The third-order valence-electron chi connectivity index (χ3n) is 7.14. The standard InChI is InChI=1S/C28H41N3O6/c1-20(24(33)36-5)29-25(34)28(16-10-7-11-17-28)31(19-21-13-8-6-9-14-21)23(32)22-15-12-18-30(22)26(35)37-27(2,3)4/h6,8-9,13-14,20,22H,7,10-12,15-19H2,1-5H3,(H,29,34)/t20-,22-/m0/s1. The van der Waals surface area contributed by atoms with Crippen molar-refractivity contribution in [2.75, 3.05) is 13.7 Å². The number of benzene rings is 1. The second-order valence-corrected chi connectivity index (χ2v) is 11.1. The normalized spacial score (nSPS) is 20.0. The van der Waals surface area contributed by atoms with E-state index >= 15 is 0 Å². The van der Waals surface area contributed by atoms with Crippen molar-refractivity contribution >= 4 is 23.9 Å². The van der Waals surface area contributed by atoms with E-state index in [1.165, 1.54) is 12.0 Å². The van der Waals surface area contributed by atoms with Crippen molar-refractivity contribution in [2.24, 2.45) is 0 Å². The van der Waals surface area contributed by atoms with Crippen LogP contribution >= 0.6 is 0 Å². The second-order valence-electron chi connectivity index (χ2n) is 11.1. The highest BCUT2D eigenvalue weighted by atomic mass is 16.6. The molecule has 3 rings (SSSR count). The minimum absolute atomic E-state index is 0.221. The summed E-state index contributed by atoms with van der Waals surface area (Å²) in [6.45, 7) is 7.60.